The number of esters is 1. The first-order valence-electron chi connectivity index (χ1n) is 5.69. The van der Waals surface area contributed by atoms with Gasteiger partial charge in [-0.25, -0.2) is 13.1 Å². The maximum atomic E-state index is 11.6. The second-order valence-electron chi connectivity index (χ2n) is 3.66. The Labute approximate surface area is 117 Å². The molecule has 0 rings (SSSR count). The van der Waals surface area contributed by atoms with Crippen LogP contribution in [0.3, 0.4) is 0 Å². The number of nitrogens with one attached hydrogen (secondary N) is 1. The van der Waals surface area contributed by atoms with E-state index in [1.165, 1.54) is 11.8 Å². The van der Waals surface area contributed by atoms with E-state index in [1.807, 2.05) is 0 Å². The zero-order chi connectivity index (χ0) is 14.9. The average molecular weight is 313 g/mol. The van der Waals surface area contributed by atoms with Gasteiger partial charge in [0.2, 0.25) is 10.0 Å². The predicted octanol–water partition coefficient (Wildman–Crippen LogP) is 0.0653. The van der Waals surface area contributed by atoms with Crippen molar-refractivity contribution in [2.45, 2.75) is 25.8 Å². The summed E-state index contributed by atoms with van der Waals surface area (Å²) in [7, 11) is -3.81. The van der Waals surface area contributed by atoms with Crippen molar-refractivity contribution in [3.8, 4) is 0 Å². The lowest BCUT2D eigenvalue weighted by Gasteiger charge is -2.13. The molecule has 1 atom stereocenters. The summed E-state index contributed by atoms with van der Waals surface area (Å²) in [6.07, 6.45) is 1.70. The van der Waals surface area contributed by atoms with Gasteiger partial charge in [0.25, 0.3) is 0 Å². The van der Waals surface area contributed by atoms with E-state index in [0.717, 1.165) is 0 Å². The monoisotopic (exact) mass is 313 g/mol. The highest BCUT2D eigenvalue weighted by Gasteiger charge is 2.24. The first-order chi connectivity index (χ1) is 8.82. The van der Waals surface area contributed by atoms with Crippen LogP contribution in [0.2, 0.25) is 0 Å². The van der Waals surface area contributed by atoms with Crippen LogP contribution in [0.4, 0.5) is 0 Å². The van der Waals surface area contributed by atoms with Crippen molar-refractivity contribution >= 4 is 33.7 Å². The Morgan fingerprint density at radius 3 is 2.53 bits per heavy atom. The second kappa shape index (κ2) is 9.16. The van der Waals surface area contributed by atoms with Crippen LogP contribution in [0.1, 0.15) is 19.8 Å². The second-order valence-corrected chi connectivity index (χ2v) is 6.52. The topological polar surface area (TPSA) is 110 Å². The normalized spacial score (nSPS) is 12.9. The van der Waals surface area contributed by atoms with Crippen LogP contribution < -0.4 is 4.72 Å². The zero-order valence-electron chi connectivity index (χ0n) is 10.9. The van der Waals surface area contributed by atoms with E-state index in [9.17, 15) is 18.0 Å². The van der Waals surface area contributed by atoms with Crippen LogP contribution in [0.5, 0.6) is 0 Å². The summed E-state index contributed by atoms with van der Waals surface area (Å²) in [4.78, 5) is 21.9. The highest BCUT2D eigenvalue weighted by molar-refractivity contribution is 7.98. The lowest BCUT2D eigenvalue weighted by atomic mass is 10.2. The molecular weight excluding hydrogens is 294 g/mol. The number of ether oxygens (including phenoxy) is 1. The molecule has 0 aromatic rings. The number of carbonyl (C=O) groups excluding carboxylic acids is 1. The molecule has 0 aliphatic heterocycles. The molecule has 0 saturated heterocycles. The molecule has 0 radical (unpaired) electrons. The SMILES string of the molecule is CCOC(=O)CCS(=O)(=O)N[C@@H](CCSC)C(=O)O. The molecule has 0 aromatic carbocycles. The summed E-state index contributed by atoms with van der Waals surface area (Å²) >= 11 is 1.43. The van der Waals surface area contributed by atoms with Crippen LogP contribution in [-0.2, 0) is 24.3 Å². The minimum Gasteiger partial charge on any atom is -0.480 e. The van der Waals surface area contributed by atoms with Crippen molar-refractivity contribution in [1.29, 1.82) is 0 Å². The molecule has 0 aliphatic rings. The van der Waals surface area contributed by atoms with Crippen molar-refractivity contribution in [2.75, 3.05) is 24.4 Å². The highest BCUT2D eigenvalue weighted by Crippen LogP contribution is 2.03. The standard InChI is InChI=1S/C10H19NO6S2/c1-3-17-9(12)5-7-19(15,16)11-8(10(13)14)4-6-18-2/h8,11H,3-7H2,1-2H3,(H,13,14)/t8-/m0/s1. The Bertz CT molecular complexity index is 395. The van der Waals surface area contributed by atoms with Gasteiger partial charge in [0, 0.05) is 0 Å². The van der Waals surface area contributed by atoms with E-state index in [4.69, 9.17) is 5.11 Å². The minimum atomic E-state index is -3.81. The fourth-order valence-electron chi connectivity index (χ4n) is 1.20. The molecule has 7 nitrogen and oxygen atoms in total. The van der Waals surface area contributed by atoms with Gasteiger partial charge in [-0.05, 0) is 25.4 Å². The third kappa shape index (κ3) is 8.84. The summed E-state index contributed by atoms with van der Waals surface area (Å²) in [5.74, 6) is -1.80. The zero-order valence-corrected chi connectivity index (χ0v) is 12.6. The Kier molecular flexibility index (Phi) is 8.77. The van der Waals surface area contributed by atoms with Gasteiger partial charge >= 0.3 is 11.9 Å². The highest BCUT2D eigenvalue weighted by atomic mass is 32.2. The lowest BCUT2D eigenvalue weighted by molar-refractivity contribution is -0.142. The van der Waals surface area contributed by atoms with E-state index in [-0.39, 0.29) is 19.4 Å². The smallest absolute Gasteiger partial charge is 0.321 e. The molecular formula is C10H19NO6S2. The Morgan fingerprint density at radius 1 is 1.42 bits per heavy atom. The van der Waals surface area contributed by atoms with E-state index >= 15 is 0 Å². The van der Waals surface area contributed by atoms with Crippen molar-refractivity contribution in [2.24, 2.45) is 0 Å². The average Bonchev–Trinajstić information content (AvgIpc) is 2.32. The van der Waals surface area contributed by atoms with Crippen LogP contribution in [-0.4, -0.2) is 55.9 Å². The predicted molar refractivity (Wildman–Crippen MR) is 72.6 cm³/mol. The maximum absolute atomic E-state index is 11.6. The number of carbonyl (C=O) groups is 2. The summed E-state index contributed by atoms with van der Waals surface area (Å²) in [6, 6.07) is -1.17. The third-order valence-electron chi connectivity index (χ3n) is 2.11. The van der Waals surface area contributed by atoms with E-state index in [1.54, 1.807) is 13.2 Å². The first-order valence-corrected chi connectivity index (χ1v) is 8.74. The summed E-state index contributed by atoms with van der Waals surface area (Å²) < 4.78 is 29.9. The van der Waals surface area contributed by atoms with Gasteiger partial charge in [-0.3, -0.25) is 9.59 Å². The Balaban J connectivity index is 4.38. The van der Waals surface area contributed by atoms with Crippen LogP contribution in [0.25, 0.3) is 0 Å². The van der Waals surface area contributed by atoms with Crippen LogP contribution >= 0.6 is 11.8 Å². The summed E-state index contributed by atoms with van der Waals surface area (Å²) in [5, 5.41) is 8.90. The van der Waals surface area contributed by atoms with Crippen molar-refractivity contribution in [1.82, 2.24) is 4.72 Å². The van der Waals surface area contributed by atoms with Crippen molar-refractivity contribution in [3.05, 3.63) is 0 Å². The summed E-state index contributed by atoms with van der Waals surface area (Å²) in [5.41, 5.74) is 0. The van der Waals surface area contributed by atoms with E-state index in [2.05, 4.69) is 9.46 Å². The van der Waals surface area contributed by atoms with Gasteiger partial charge in [-0.15, -0.1) is 0 Å². The molecule has 112 valence electrons. The molecule has 0 heterocycles. The molecule has 0 spiro atoms. The van der Waals surface area contributed by atoms with Gasteiger partial charge in [-0.2, -0.15) is 11.8 Å². The number of carboxylic acids is 1. The fraction of sp³-hybridized carbons (Fsp3) is 0.800. The fourth-order valence-corrected chi connectivity index (χ4v) is 2.87. The third-order valence-corrected chi connectivity index (χ3v) is 4.14. The van der Waals surface area contributed by atoms with Crippen LogP contribution in [0, 0.1) is 0 Å². The first kappa shape index (κ1) is 18.2. The van der Waals surface area contributed by atoms with Gasteiger partial charge < -0.3 is 9.84 Å². The molecule has 0 aliphatic carbocycles. The molecule has 0 fully saturated rings. The molecule has 0 amide bonds. The molecule has 2 N–H and O–H groups in total. The molecule has 0 aromatic heterocycles. The number of rotatable bonds is 10. The molecule has 0 unspecified atom stereocenters. The Hall–Kier alpha value is -0.800. The van der Waals surface area contributed by atoms with Gasteiger partial charge in [0.05, 0.1) is 18.8 Å². The number of hydrogen-bond donors (Lipinski definition) is 2. The largest absolute Gasteiger partial charge is 0.480 e. The molecule has 9 heteroatoms. The maximum Gasteiger partial charge on any atom is 0.321 e. The Morgan fingerprint density at radius 2 is 2.05 bits per heavy atom. The molecule has 0 saturated carbocycles. The van der Waals surface area contributed by atoms with Gasteiger partial charge in [-0.1, -0.05) is 0 Å². The number of aliphatic carboxylic acids is 1. The molecule has 0 bridgehead atoms. The van der Waals surface area contributed by atoms with Crippen molar-refractivity contribution in [3.63, 3.8) is 0 Å². The van der Waals surface area contributed by atoms with Gasteiger partial charge in [0.15, 0.2) is 0 Å². The van der Waals surface area contributed by atoms with E-state index in [0.29, 0.717) is 5.75 Å². The molecule has 19 heavy (non-hydrogen) atoms. The minimum absolute atomic E-state index is 0.178. The number of thioether (sulfide) groups is 1. The van der Waals surface area contributed by atoms with E-state index < -0.39 is 33.8 Å². The van der Waals surface area contributed by atoms with Crippen molar-refractivity contribution < 1.29 is 27.9 Å². The number of sulfonamides is 1. The summed E-state index contributed by atoms with van der Waals surface area (Å²) in [6.45, 7) is 1.80. The lowest BCUT2D eigenvalue weighted by Crippen LogP contribution is -2.42. The quantitative estimate of drug-likeness (QED) is 0.549. The number of carboxylic acid groups (broad SMARTS) is 1. The van der Waals surface area contributed by atoms with Gasteiger partial charge in [0.1, 0.15) is 6.04 Å². The van der Waals surface area contributed by atoms with Crippen LogP contribution in [0.15, 0.2) is 0 Å². The number of hydrogen-bond acceptors (Lipinski definition) is 6.